The average molecular weight is 286 g/mol. The second kappa shape index (κ2) is 7.73. The summed E-state index contributed by atoms with van der Waals surface area (Å²) in [5.74, 6) is 0.910. The van der Waals surface area contributed by atoms with Crippen molar-refractivity contribution in [3.63, 3.8) is 0 Å². The summed E-state index contributed by atoms with van der Waals surface area (Å²) in [6, 6.07) is 6.28. The molecule has 1 fully saturated rings. The van der Waals surface area contributed by atoms with Gasteiger partial charge < -0.3 is 15.2 Å². The van der Waals surface area contributed by atoms with Gasteiger partial charge in [-0.2, -0.15) is 0 Å². The topological polar surface area (TPSA) is 41.5 Å². The van der Waals surface area contributed by atoms with Crippen molar-refractivity contribution in [1.29, 1.82) is 0 Å². The molecule has 1 saturated heterocycles. The lowest BCUT2D eigenvalue weighted by molar-refractivity contribution is 0.0634. The molecule has 0 saturated carbocycles. The number of benzene rings is 1. The van der Waals surface area contributed by atoms with E-state index in [0.29, 0.717) is 6.61 Å². The molecule has 2 unspecified atom stereocenters. The summed E-state index contributed by atoms with van der Waals surface area (Å²) < 4.78 is 5.79. The number of nitrogens with one attached hydrogen (secondary N) is 1. The summed E-state index contributed by atoms with van der Waals surface area (Å²) in [4.78, 5) is 0. The van der Waals surface area contributed by atoms with E-state index in [-0.39, 0.29) is 18.4 Å². The van der Waals surface area contributed by atoms with Crippen molar-refractivity contribution in [2.45, 2.75) is 45.3 Å². The Bertz CT molecular complexity index is 371. The van der Waals surface area contributed by atoms with Crippen LogP contribution >= 0.6 is 12.4 Å². The molecule has 0 spiro atoms. The Labute approximate surface area is 121 Å². The van der Waals surface area contributed by atoms with Gasteiger partial charge in [0.25, 0.3) is 0 Å². The van der Waals surface area contributed by atoms with E-state index in [1.807, 2.05) is 32.0 Å². The highest BCUT2D eigenvalue weighted by Crippen LogP contribution is 2.23. The average Bonchev–Trinajstić information content (AvgIpc) is 2.39. The third kappa shape index (κ3) is 4.37. The SMILES string of the molecule is Cc1cccc(C)c1OCC(O)C1CCCCN1.Cl. The number of hydrogen-bond acceptors (Lipinski definition) is 3. The van der Waals surface area contributed by atoms with Gasteiger partial charge in [0.1, 0.15) is 18.5 Å². The van der Waals surface area contributed by atoms with E-state index in [0.717, 1.165) is 29.8 Å². The van der Waals surface area contributed by atoms with Crippen molar-refractivity contribution >= 4 is 12.4 Å². The predicted octanol–water partition coefficient (Wildman–Crippen LogP) is 2.61. The van der Waals surface area contributed by atoms with E-state index in [9.17, 15) is 5.11 Å². The maximum Gasteiger partial charge on any atom is 0.125 e. The molecule has 4 heteroatoms. The van der Waals surface area contributed by atoms with Crippen LogP contribution in [0.3, 0.4) is 0 Å². The molecule has 2 N–H and O–H groups in total. The Kier molecular flexibility index (Phi) is 6.63. The monoisotopic (exact) mass is 285 g/mol. The molecule has 1 aliphatic rings. The highest BCUT2D eigenvalue weighted by molar-refractivity contribution is 5.85. The van der Waals surface area contributed by atoms with Gasteiger partial charge in [-0.3, -0.25) is 0 Å². The van der Waals surface area contributed by atoms with E-state index < -0.39 is 6.10 Å². The first-order valence-corrected chi connectivity index (χ1v) is 6.79. The molecule has 19 heavy (non-hydrogen) atoms. The lowest BCUT2D eigenvalue weighted by atomic mass is 10.0. The number of aliphatic hydroxyl groups excluding tert-OH is 1. The first kappa shape index (κ1) is 16.3. The fourth-order valence-corrected chi connectivity index (χ4v) is 2.52. The third-order valence-electron chi connectivity index (χ3n) is 3.62. The van der Waals surface area contributed by atoms with Crippen molar-refractivity contribution in [3.05, 3.63) is 29.3 Å². The van der Waals surface area contributed by atoms with Gasteiger partial charge >= 0.3 is 0 Å². The highest BCUT2D eigenvalue weighted by Gasteiger charge is 2.21. The number of hydrogen-bond donors (Lipinski definition) is 2. The van der Waals surface area contributed by atoms with Crippen molar-refractivity contribution in [1.82, 2.24) is 5.32 Å². The molecular formula is C15H24ClNO2. The van der Waals surface area contributed by atoms with Crippen LogP contribution in [0, 0.1) is 13.8 Å². The Morgan fingerprint density at radius 1 is 1.32 bits per heavy atom. The van der Waals surface area contributed by atoms with Crippen LogP contribution in [0.4, 0.5) is 0 Å². The quantitative estimate of drug-likeness (QED) is 0.893. The zero-order valence-corrected chi connectivity index (χ0v) is 12.5. The number of aliphatic hydroxyl groups is 1. The second-order valence-corrected chi connectivity index (χ2v) is 5.16. The van der Waals surface area contributed by atoms with E-state index in [2.05, 4.69) is 5.32 Å². The number of ether oxygens (including phenoxy) is 1. The van der Waals surface area contributed by atoms with Gasteiger partial charge in [0, 0.05) is 6.04 Å². The summed E-state index contributed by atoms with van der Waals surface area (Å²) in [6.45, 7) is 5.44. The predicted molar refractivity (Wildman–Crippen MR) is 80.3 cm³/mol. The van der Waals surface area contributed by atoms with Crippen molar-refractivity contribution in [3.8, 4) is 5.75 Å². The Morgan fingerprint density at radius 3 is 2.58 bits per heavy atom. The molecule has 3 nitrogen and oxygen atoms in total. The van der Waals surface area contributed by atoms with Crippen LogP contribution in [0.25, 0.3) is 0 Å². The van der Waals surface area contributed by atoms with Crippen molar-refractivity contribution < 1.29 is 9.84 Å². The zero-order chi connectivity index (χ0) is 13.0. The summed E-state index contributed by atoms with van der Waals surface area (Å²) in [5.41, 5.74) is 2.25. The lowest BCUT2D eigenvalue weighted by Gasteiger charge is -2.28. The Hall–Kier alpha value is -0.770. The molecule has 2 rings (SSSR count). The molecule has 1 aliphatic heterocycles. The fraction of sp³-hybridized carbons (Fsp3) is 0.600. The first-order chi connectivity index (χ1) is 8.68. The van der Waals surface area contributed by atoms with Gasteiger partial charge in [-0.05, 0) is 44.4 Å². The lowest BCUT2D eigenvalue weighted by Crippen LogP contribution is -2.45. The molecular weight excluding hydrogens is 262 g/mol. The molecule has 0 bridgehead atoms. The molecule has 1 heterocycles. The molecule has 0 aliphatic carbocycles. The minimum atomic E-state index is -0.427. The first-order valence-electron chi connectivity index (χ1n) is 6.79. The molecule has 1 aromatic rings. The van der Waals surface area contributed by atoms with Gasteiger partial charge in [-0.15, -0.1) is 12.4 Å². The summed E-state index contributed by atoms with van der Waals surface area (Å²) >= 11 is 0. The normalized spacial score (nSPS) is 20.5. The minimum Gasteiger partial charge on any atom is -0.490 e. The van der Waals surface area contributed by atoms with Crippen LogP contribution < -0.4 is 10.1 Å². The van der Waals surface area contributed by atoms with Gasteiger partial charge in [-0.25, -0.2) is 0 Å². The minimum absolute atomic E-state index is 0. The number of piperidine rings is 1. The van der Waals surface area contributed by atoms with Crippen LogP contribution in [-0.4, -0.2) is 30.4 Å². The van der Waals surface area contributed by atoms with Gasteiger partial charge in [0.15, 0.2) is 0 Å². The van der Waals surface area contributed by atoms with Crippen LogP contribution in [0.2, 0.25) is 0 Å². The Morgan fingerprint density at radius 2 is 2.00 bits per heavy atom. The van der Waals surface area contributed by atoms with Gasteiger partial charge in [0.05, 0.1) is 0 Å². The molecule has 108 valence electrons. The van der Waals surface area contributed by atoms with Crippen LogP contribution in [-0.2, 0) is 0 Å². The largest absolute Gasteiger partial charge is 0.490 e. The number of halogens is 1. The molecule has 0 radical (unpaired) electrons. The summed E-state index contributed by atoms with van der Waals surface area (Å²) in [6.07, 6.45) is 3.01. The molecule has 0 aromatic heterocycles. The number of aryl methyl sites for hydroxylation is 2. The van der Waals surface area contributed by atoms with E-state index >= 15 is 0 Å². The Balaban J connectivity index is 0.00000180. The van der Waals surface area contributed by atoms with E-state index in [1.165, 1.54) is 12.8 Å². The van der Waals surface area contributed by atoms with E-state index in [4.69, 9.17) is 4.74 Å². The number of rotatable bonds is 4. The van der Waals surface area contributed by atoms with Crippen LogP contribution in [0.1, 0.15) is 30.4 Å². The molecule has 2 atom stereocenters. The van der Waals surface area contributed by atoms with Crippen molar-refractivity contribution in [2.24, 2.45) is 0 Å². The summed E-state index contributed by atoms with van der Waals surface area (Å²) in [7, 11) is 0. The zero-order valence-electron chi connectivity index (χ0n) is 11.7. The third-order valence-corrected chi connectivity index (χ3v) is 3.62. The van der Waals surface area contributed by atoms with Crippen LogP contribution in [0.5, 0.6) is 5.75 Å². The summed E-state index contributed by atoms with van der Waals surface area (Å²) in [5, 5.41) is 13.5. The van der Waals surface area contributed by atoms with E-state index in [1.54, 1.807) is 0 Å². The molecule has 0 amide bonds. The van der Waals surface area contributed by atoms with Gasteiger partial charge in [-0.1, -0.05) is 24.6 Å². The molecule has 1 aromatic carbocycles. The standard InChI is InChI=1S/C15H23NO2.ClH/c1-11-6-5-7-12(2)15(11)18-10-14(17)13-8-3-4-9-16-13;/h5-7,13-14,16-17H,3-4,8-10H2,1-2H3;1H. The maximum atomic E-state index is 10.1. The second-order valence-electron chi connectivity index (χ2n) is 5.16. The fourth-order valence-electron chi connectivity index (χ4n) is 2.52. The van der Waals surface area contributed by atoms with Crippen molar-refractivity contribution in [2.75, 3.05) is 13.2 Å². The van der Waals surface area contributed by atoms with Gasteiger partial charge in [0.2, 0.25) is 0 Å². The smallest absolute Gasteiger partial charge is 0.125 e. The van der Waals surface area contributed by atoms with Crippen LogP contribution in [0.15, 0.2) is 18.2 Å². The maximum absolute atomic E-state index is 10.1. The number of para-hydroxylation sites is 1. The highest BCUT2D eigenvalue weighted by atomic mass is 35.5.